The Hall–Kier alpha value is -0.0800. The molecule has 2 rings (SSSR count). The summed E-state index contributed by atoms with van der Waals surface area (Å²) in [7, 11) is 2.06. The lowest BCUT2D eigenvalue weighted by molar-refractivity contribution is 0.138. The van der Waals surface area contributed by atoms with Crippen molar-refractivity contribution in [2.24, 2.45) is 5.92 Å². The van der Waals surface area contributed by atoms with Gasteiger partial charge in [0.25, 0.3) is 0 Å². The van der Waals surface area contributed by atoms with Crippen LogP contribution in [-0.4, -0.2) is 37.1 Å². The molecule has 2 heteroatoms. The first-order valence-electron chi connectivity index (χ1n) is 7.23. The molecular weight excluding hydrogens is 196 g/mol. The molecule has 0 radical (unpaired) electrons. The van der Waals surface area contributed by atoms with Crippen LogP contribution in [0, 0.1) is 5.92 Å². The highest BCUT2D eigenvalue weighted by atomic mass is 15.2. The Morgan fingerprint density at radius 3 is 2.62 bits per heavy atom. The van der Waals surface area contributed by atoms with Gasteiger partial charge in [-0.2, -0.15) is 0 Å². The lowest BCUT2D eigenvalue weighted by Gasteiger charge is -2.34. The third-order valence-corrected chi connectivity index (χ3v) is 4.66. The SMILES string of the molecule is CNCCC(C)N1CCCC1C1CCCC1. The van der Waals surface area contributed by atoms with E-state index in [9.17, 15) is 0 Å². The zero-order chi connectivity index (χ0) is 11.4. The minimum absolute atomic E-state index is 0.778. The van der Waals surface area contributed by atoms with Gasteiger partial charge in [-0.3, -0.25) is 4.90 Å². The van der Waals surface area contributed by atoms with Gasteiger partial charge in [0.15, 0.2) is 0 Å². The normalized spacial score (nSPS) is 30.0. The maximum Gasteiger partial charge on any atom is 0.0127 e. The highest BCUT2D eigenvalue weighted by molar-refractivity contribution is 4.89. The van der Waals surface area contributed by atoms with Gasteiger partial charge < -0.3 is 5.32 Å². The van der Waals surface area contributed by atoms with Crippen LogP contribution in [0.1, 0.15) is 51.9 Å². The number of rotatable bonds is 5. The Labute approximate surface area is 101 Å². The molecule has 0 aromatic heterocycles. The van der Waals surface area contributed by atoms with E-state index in [-0.39, 0.29) is 0 Å². The molecule has 2 aliphatic rings. The van der Waals surface area contributed by atoms with Crippen molar-refractivity contribution in [2.45, 2.75) is 64.0 Å². The van der Waals surface area contributed by atoms with Crippen molar-refractivity contribution >= 4 is 0 Å². The molecular formula is C14H28N2. The number of nitrogens with one attached hydrogen (secondary N) is 1. The van der Waals surface area contributed by atoms with E-state index in [1.165, 1.54) is 51.5 Å². The lowest BCUT2D eigenvalue weighted by Crippen LogP contribution is -2.41. The summed E-state index contributed by atoms with van der Waals surface area (Å²) in [6, 6.07) is 1.70. The van der Waals surface area contributed by atoms with Gasteiger partial charge in [0.2, 0.25) is 0 Å². The van der Waals surface area contributed by atoms with E-state index >= 15 is 0 Å². The molecule has 0 bridgehead atoms. The molecule has 1 N–H and O–H groups in total. The monoisotopic (exact) mass is 224 g/mol. The molecule has 0 aromatic carbocycles. The minimum Gasteiger partial charge on any atom is -0.320 e. The number of nitrogens with zero attached hydrogens (tertiary/aromatic N) is 1. The van der Waals surface area contributed by atoms with E-state index in [0.717, 1.165) is 24.5 Å². The molecule has 2 fully saturated rings. The predicted molar refractivity (Wildman–Crippen MR) is 69.7 cm³/mol. The van der Waals surface area contributed by atoms with Gasteiger partial charge in [-0.1, -0.05) is 12.8 Å². The molecule has 2 unspecified atom stereocenters. The first-order valence-corrected chi connectivity index (χ1v) is 7.23. The van der Waals surface area contributed by atoms with Crippen LogP contribution < -0.4 is 5.32 Å². The average molecular weight is 224 g/mol. The van der Waals surface area contributed by atoms with Crippen LogP contribution in [0.2, 0.25) is 0 Å². The minimum atomic E-state index is 0.778. The van der Waals surface area contributed by atoms with E-state index in [0.29, 0.717) is 0 Å². The Morgan fingerprint density at radius 2 is 1.94 bits per heavy atom. The summed E-state index contributed by atoms with van der Waals surface area (Å²) in [5, 5.41) is 3.28. The van der Waals surface area contributed by atoms with Gasteiger partial charge in [0, 0.05) is 12.1 Å². The molecule has 94 valence electrons. The Bertz CT molecular complexity index is 199. The predicted octanol–water partition coefficient (Wildman–Crippen LogP) is 2.64. The zero-order valence-corrected chi connectivity index (χ0v) is 11.0. The van der Waals surface area contributed by atoms with Gasteiger partial charge in [0.05, 0.1) is 0 Å². The van der Waals surface area contributed by atoms with Crippen LogP contribution in [0.25, 0.3) is 0 Å². The second-order valence-electron chi connectivity index (χ2n) is 5.73. The second-order valence-corrected chi connectivity index (χ2v) is 5.73. The molecule has 1 heterocycles. The van der Waals surface area contributed by atoms with Crippen molar-refractivity contribution in [1.29, 1.82) is 0 Å². The van der Waals surface area contributed by atoms with Crippen LogP contribution >= 0.6 is 0 Å². The molecule has 0 aromatic rings. The molecule has 0 amide bonds. The Morgan fingerprint density at radius 1 is 1.19 bits per heavy atom. The number of hydrogen-bond donors (Lipinski definition) is 1. The maximum absolute atomic E-state index is 3.28. The molecule has 1 aliphatic heterocycles. The van der Waals surface area contributed by atoms with Crippen molar-refractivity contribution < 1.29 is 0 Å². The zero-order valence-electron chi connectivity index (χ0n) is 11.0. The van der Waals surface area contributed by atoms with Crippen LogP contribution in [0.5, 0.6) is 0 Å². The highest BCUT2D eigenvalue weighted by Crippen LogP contribution is 2.36. The maximum atomic E-state index is 3.28. The molecule has 16 heavy (non-hydrogen) atoms. The average Bonchev–Trinajstić information content (AvgIpc) is 2.94. The lowest BCUT2D eigenvalue weighted by atomic mass is 9.95. The van der Waals surface area contributed by atoms with Gasteiger partial charge in [0.1, 0.15) is 0 Å². The third-order valence-electron chi connectivity index (χ3n) is 4.66. The molecule has 1 saturated heterocycles. The van der Waals surface area contributed by atoms with Crippen molar-refractivity contribution in [2.75, 3.05) is 20.1 Å². The van der Waals surface area contributed by atoms with E-state index in [1.54, 1.807) is 0 Å². The van der Waals surface area contributed by atoms with Gasteiger partial charge in [-0.05, 0) is 65.1 Å². The van der Waals surface area contributed by atoms with Crippen molar-refractivity contribution in [1.82, 2.24) is 10.2 Å². The summed E-state index contributed by atoms with van der Waals surface area (Å²) in [6.07, 6.45) is 10.2. The third kappa shape index (κ3) is 2.78. The van der Waals surface area contributed by atoms with Gasteiger partial charge in [-0.25, -0.2) is 0 Å². The van der Waals surface area contributed by atoms with E-state index in [1.807, 2.05) is 0 Å². The van der Waals surface area contributed by atoms with Crippen molar-refractivity contribution in [3.63, 3.8) is 0 Å². The standard InChI is InChI=1S/C14H28N2/c1-12(9-10-15-2)16-11-5-8-14(16)13-6-3-4-7-13/h12-15H,3-11H2,1-2H3. The fourth-order valence-corrected chi connectivity index (χ4v) is 3.73. The van der Waals surface area contributed by atoms with E-state index < -0.39 is 0 Å². The summed E-state index contributed by atoms with van der Waals surface area (Å²) < 4.78 is 0. The second kappa shape index (κ2) is 6.02. The molecule has 2 atom stereocenters. The largest absolute Gasteiger partial charge is 0.320 e. The molecule has 2 nitrogen and oxygen atoms in total. The highest BCUT2D eigenvalue weighted by Gasteiger charge is 2.35. The smallest absolute Gasteiger partial charge is 0.0127 e. The first kappa shape index (κ1) is 12.4. The van der Waals surface area contributed by atoms with Crippen LogP contribution in [-0.2, 0) is 0 Å². The van der Waals surface area contributed by atoms with Crippen molar-refractivity contribution in [3.05, 3.63) is 0 Å². The van der Waals surface area contributed by atoms with Crippen LogP contribution in [0.3, 0.4) is 0 Å². The summed E-state index contributed by atoms with van der Waals surface area (Å²) in [6.45, 7) is 4.94. The summed E-state index contributed by atoms with van der Waals surface area (Å²) in [4.78, 5) is 2.81. The van der Waals surface area contributed by atoms with E-state index in [4.69, 9.17) is 0 Å². The van der Waals surface area contributed by atoms with Gasteiger partial charge >= 0.3 is 0 Å². The Balaban J connectivity index is 1.86. The summed E-state index contributed by atoms with van der Waals surface area (Å²) in [5.74, 6) is 1.03. The quantitative estimate of drug-likeness (QED) is 0.772. The molecule has 1 aliphatic carbocycles. The Kier molecular flexibility index (Phi) is 4.66. The van der Waals surface area contributed by atoms with Gasteiger partial charge in [-0.15, -0.1) is 0 Å². The number of likely N-dealkylation sites (tertiary alicyclic amines) is 1. The van der Waals surface area contributed by atoms with Crippen LogP contribution in [0.4, 0.5) is 0 Å². The summed E-state index contributed by atoms with van der Waals surface area (Å²) >= 11 is 0. The van der Waals surface area contributed by atoms with Crippen molar-refractivity contribution in [3.8, 4) is 0 Å². The fraction of sp³-hybridized carbons (Fsp3) is 1.00. The fourth-order valence-electron chi connectivity index (χ4n) is 3.73. The summed E-state index contributed by atoms with van der Waals surface area (Å²) in [5.41, 5.74) is 0. The molecule has 1 saturated carbocycles. The van der Waals surface area contributed by atoms with E-state index in [2.05, 4.69) is 24.2 Å². The molecule has 0 spiro atoms. The first-order chi connectivity index (χ1) is 7.83. The van der Waals surface area contributed by atoms with Crippen LogP contribution in [0.15, 0.2) is 0 Å². The number of hydrogen-bond acceptors (Lipinski definition) is 2. The topological polar surface area (TPSA) is 15.3 Å².